The smallest absolute Gasteiger partial charge is 0.317 e. The van der Waals surface area contributed by atoms with Crippen LogP contribution in [0.5, 0.6) is 0 Å². The molecule has 0 aliphatic heterocycles. The molecule has 6 heteroatoms. The van der Waals surface area contributed by atoms with E-state index in [4.69, 9.17) is 16.3 Å². The van der Waals surface area contributed by atoms with Crippen LogP contribution in [0.15, 0.2) is 34.1 Å². The molecule has 2 atom stereocenters. The molecule has 0 fully saturated rings. The first-order valence-electron chi connectivity index (χ1n) is 6.19. The standard InChI is InChI=1S/C15H10BrClO3S/c1-20-15(19)12-11(7-2-4-8(17)5-3-7)9-6-10(16)21-14(9)13(12)18/h2-6,11-12H,1H3/t11-,12+/m1/s1. The highest BCUT2D eigenvalue weighted by molar-refractivity contribution is 9.11. The molecular formula is C15H10BrClO3S. The molecular weight excluding hydrogens is 376 g/mol. The van der Waals surface area contributed by atoms with Gasteiger partial charge >= 0.3 is 5.97 Å². The Morgan fingerprint density at radius 1 is 1.33 bits per heavy atom. The van der Waals surface area contributed by atoms with E-state index in [-0.39, 0.29) is 11.7 Å². The number of hydrogen-bond acceptors (Lipinski definition) is 4. The number of halogens is 2. The fourth-order valence-electron chi connectivity index (χ4n) is 2.68. The van der Waals surface area contributed by atoms with E-state index in [1.165, 1.54) is 18.4 Å². The highest BCUT2D eigenvalue weighted by atomic mass is 79.9. The molecule has 21 heavy (non-hydrogen) atoms. The number of benzene rings is 1. The molecule has 0 saturated heterocycles. The molecule has 2 aromatic rings. The normalized spacial score (nSPS) is 20.4. The third kappa shape index (κ3) is 2.43. The number of hydrogen-bond donors (Lipinski definition) is 0. The highest BCUT2D eigenvalue weighted by Crippen LogP contribution is 2.47. The van der Waals surface area contributed by atoms with Crippen LogP contribution < -0.4 is 0 Å². The second kappa shape index (κ2) is 5.55. The number of Topliss-reactive ketones (excluding diaryl/α,β-unsaturated/α-hetero) is 1. The first kappa shape index (κ1) is 14.8. The maximum Gasteiger partial charge on any atom is 0.317 e. The Bertz CT molecular complexity index is 723. The first-order chi connectivity index (χ1) is 10.0. The molecule has 0 N–H and O–H groups in total. The Labute approximate surface area is 139 Å². The zero-order valence-corrected chi connectivity index (χ0v) is 14.1. The minimum Gasteiger partial charge on any atom is -0.468 e. The van der Waals surface area contributed by atoms with Gasteiger partial charge in [0.25, 0.3) is 0 Å². The van der Waals surface area contributed by atoms with Crippen molar-refractivity contribution < 1.29 is 14.3 Å². The SMILES string of the molecule is COC(=O)[C@@H]1C(=O)c2sc(Br)cc2[C@H]1c1ccc(Cl)cc1. The number of rotatable bonds is 2. The number of ketones is 1. The zero-order chi connectivity index (χ0) is 15.1. The van der Waals surface area contributed by atoms with Crippen molar-refractivity contribution in [3.63, 3.8) is 0 Å². The van der Waals surface area contributed by atoms with Crippen molar-refractivity contribution in [2.45, 2.75) is 5.92 Å². The summed E-state index contributed by atoms with van der Waals surface area (Å²) in [4.78, 5) is 25.2. The summed E-state index contributed by atoms with van der Waals surface area (Å²) in [6.45, 7) is 0. The van der Waals surface area contributed by atoms with Gasteiger partial charge in [0.05, 0.1) is 15.8 Å². The van der Waals surface area contributed by atoms with Gasteiger partial charge in [-0.3, -0.25) is 9.59 Å². The summed E-state index contributed by atoms with van der Waals surface area (Å²) in [5, 5.41) is 0.615. The van der Waals surface area contributed by atoms with E-state index in [2.05, 4.69) is 15.9 Å². The number of fused-ring (bicyclic) bond motifs is 1. The van der Waals surface area contributed by atoms with Gasteiger partial charge in [-0.1, -0.05) is 23.7 Å². The molecule has 3 rings (SSSR count). The molecule has 0 unspecified atom stereocenters. The second-order valence-electron chi connectivity index (χ2n) is 4.73. The minimum absolute atomic E-state index is 0.174. The molecule has 0 bridgehead atoms. The van der Waals surface area contributed by atoms with Crippen molar-refractivity contribution in [2.75, 3.05) is 7.11 Å². The van der Waals surface area contributed by atoms with Crippen molar-refractivity contribution >= 4 is 50.6 Å². The van der Waals surface area contributed by atoms with E-state index in [1.54, 1.807) is 12.1 Å². The van der Waals surface area contributed by atoms with Crippen molar-refractivity contribution in [1.82, 2.24) is 0 Å². The fraction of sp³-hybridized carbons (Fsp3) is 0.200. The van der Waals surface area contributed by atoms with Crippen LogP contribution in [0.25, 0.3) is 0 Å². The Kier molecular flexibility index (Phi) is 3.90. The number of carbonyl (C=O) groups excluding carboxylic acids is 2. The monoisotopic (exact) mass is 384 g/mol. The summed E-state index contributed by atoms with van der Waals surface area (Å²) in [7, 11) is 1.30. The summed E-state index contributed by atoms with van der Waals surface area (Å²) in [6, 6.07) is 9.11. The Hall–Kier alpha value is -1.17. The van der Waals surface area contributed by atoms with Gasteiger partial charge in [0.15, 0.2) is 5.78 Å². The lowest BCUT2D eigenvalue weighted by Crippen LogP contribution is -2.26. The van der Waals surface area contributed by atoms with Crippen LogP contribution in [-0.2, 0) is 9.53 Å². The van der Waals surface area contributed by atoms with Crippen LogP contribution in [0.4, 0.5) is 0 Å². The average molecular weight is 386 g/mol. The van der Waals surface area contributed by atoms with Crippen LogP contribution in [0.2, 0.25) is 5.02 Å². The predicted octanol–water partition coefficient (Wildman–Crippen LogP) is 4.28. The molecule has 1 heterocycles. The van der Waals surface area contributed by atoms with Crippen LogP contribution in [-0.4, -0.2) is 18.9 Å². The number of carbonyl (C=O) groups is 2. The van der Waals surface area contributed by atoms with Crippen molar-refractivity contribution in [3.8, 4) is 0 Å². The van der Waals surface area contributed by atoms with Crippen LogP contribution in [0, 0.1) is 5.92 Å². The molecule has 1 aliphatic carbocycles. The van der Waals surface area contributed by atoms with E-state index < -0.39 is 11.9 Å². The fourth-order valence-corrected chi connectivity index (χ4v) is 4.45. The summed E-state index contributed by atoms with van der Waals surface area (Å²) in [5.41, 5.74) is 1.75. The van der Waals surface area contributed by atoms with E-state index in [9.17, 15) is 9.59 Å². The van der Waals surface area contributed by atoms with Crippen molar-refractivity contribution in [3.05, 3.63) is 55.1 Å². The van der Waals surface area contributed by atoms with E-state index >= 15 is 0 Å². The third-order valence-electron chi connectivity index (χ3n) is 3.59. The summed E-state index contributed by atoms with van der Waals surface area (Å²) >= 11 is 10.7. The highest BCUT2D eigenvalue weighted by Gasteiger charge is 2.47. The van der Waals surface area contributed by atoms with Crippen LogP contribution >= 0.6 is 38.9 Å². The zero-order valence-electron chi connectivity index (χ0n) is 10.9. The molecule has 3 nitrogen and oxygen atoms in total. The van der Waals surface area contributed by atoms with E-state index in [1.807, 2.05) is 18.2 Å². The van der Waals surface area contributed by atoms with Crippen LogP contribution in [0.1, 0.15) is 26.7 Å². The summed E-state index contributed by atoms with van der Waals surface area (Å²) < 4.78 is 5.70. The maximum absolute atomic E-state index is 12.5. The van der Waals surface area contributed by atoms with Crippen molar-refractivity contribution in [1.29, 1.82) is 0 Å². The molecule has 0 radical (unpaired) electrons. The molecule has 1 aromatic heterocycles. The van der Waals surface area contributed by atoms with Gasteiger partial charge in [0.2, 0.25) is 0 Å². The molecule has 0 amide bonds. The molecule has 1 aliphatic rings. The second-order valence-corrected chi connectivity index (χ2v) is 7.60. The minimum atomic E-state index is -0.814. The van der Waals surface area contributed by atoms with Gasteiger partial charge in [-0.15, -0.1) is 11.3 Å². The average Bonchev–Trinajstić information content (AvgIpc) is 2.96. The summed E-state index contributed by atoms with van der Waals surface area (Å²) in [5.74, 6) is -1.81. The van der Waals surface area contributed by atoms with E-state index in [0.29, 0.717) is 9.90 Å². The lowest BCUT2D eigenvalue weighted by molar-refractivity contribution is -0.143. The summed E-state index contributed by atoms with van der Waals surface area (Å²) in [6.07, 6.45) is 0. The van der Waals surface area contributed by atoms with Gasteiger partial charge in [-0.25, -0.2) is 0 Å². The molecule has 0 spiro atoms. The predicted molar refractivity (Wildman–Crippen MR) is 85.2 cm³/mol. The first-order valence-corrected chi connectivity index (χ1v) is 8.18. The van der Waals surface area contributed by atoms with Gasteiger partial charge in [0.1, 0.15) is 5.92 Å². The lowest BCUT2D eigenvalue weighted by atomic mass is 9.86. The number of esters is 1. The number of ether oxygens (including phenoxy) is 1. The van der Waals surface area contributed by atoms with E-state index in [0.717, 1.165) is 14.9 Å². The largest absolute Gasteiger partial charge is 0.468 e. The van der Waals surface area contributed by atoms with Gasteiger partial charge in [-0.2, -0.15) is 0 Å². The van der Waals surface area contributed by atoms with Crippen molar-refractivity contribution in [2.24, 2.45) is 5.92 Å². The maximum atomic E-state index is 12.5. The molecule has 108 valence electrons. The van der Waals surface area contributed by atoms with Crippen LogP contribution in [0.3, 0.4) is 0 Å². The number of methoxy groups -OCH3 is 1. The Morgan fingerprint density at radius 3 is 2.62 bits per heavy atom. The van der Waals surface area contributed by atoms with Gasteiger partial charge in [-0.05, 0) is 45.3 Å². The lowest BCUT2D eigenvalue weighted by Gasteiger charge is -2.17. The Morgan fingerprint density at radius 2 is 2.00 bits per heavy atom. The van der Waals surface area contributed by atoms with Gasteiger partial charge in [0, 0.05) is 10.9 Å². The third-order valence-corrected chi connectivity index (χ3v) is 5.51. The Balaban J connectivity index is 2.14. The topological polar surface area (TPSA) is 43.4 Å². The van der Waals surface area contributed by atoms with Gasteiger partial charge < -0.3 is 4.74 Å². The quantitative estimate of drug-likeness (QED) is 0.572. The number of thiophene rings is 1. The molecule has 1 aromatic carbocycles. The molecule has 0 saturated carbocycles.